The van der Waals surface area contributed by atoms with Crippen LogP contribution in [0.2, 0.25) is 0 Å². The molecular weight excluding hydrogens is 270 g/mol. The normalized spacial score (nSPS) is 12.9. The summed E-state index contributed by atoms with van der Waals surface area (Å²) >= 11 is 0. The third kappa shape index (κ3) is 3.30. The highest BCUT2D eigenvalue weighted by Crippen LogP contribution is 2.22. The highest BCUT2D eigenvalue weighted by Gasteiger charge is 2.16. The molecule has 0 radical (unpaired) electrons. The summed E-state index contributed by atoms with van der Waals surface area (Å²) in [4.78, 5) is 4.67. The van der Waals surface area contributed by atoms with Gasteiger partial charge in [-0.2, -0.15) is 0 Å². The maximum absolute atomic E-state index is 10.8. The number of hydrogen-bond acceptors (Lipinski definition) is 2. The first kappa shape index (κ1) is 14.2. The van der Waals surface area contributed by atoms with Gasteiger partial charge in [0.2, 0.25) is 0 Å². The van der Waals surface area contributed by atoms with E-state index < -0.39 is 6.10 Å². The Morgan fingerprint density at radius 3 is 1.77 bits per heavy atom. The Balaban J connectivity index is 2.06. The Morgan fingerprint density at radius 2 is 1.18 bits per heavy atom. The van der Waals surface area contributed by atoms with E-state index in [-0.39, 0.29) is 0 Å². The van der Waals surface area contributed by atoms with Crippen molar-refractivity contribution in [3.63, 3.8) is 0 Å². The summed E-state index contributed by atoms with van der Waals surface area (Å²) in [6.07, 6.45) is -0.760. The molecule has 3 aromatic carbocycles. The first-order chi connectivity index (χ1) is 10.8. The molecule has 1 N–H and O–H groups in total. The Morgan fingerprint density at radius 1 is 0.682 bits per heavy atom. The van der Waals surface area contributed by atoms with Crippen molar-refractivity contribution in [3.8, 4) is 0 Å². The van der Waals surface area contributed by atoms with Crippen LogP contribution in [0.3, 0.4) is 0 Å². The maximum Gasteiger partial charge on any atom is 0.122 e. The largest absolute Gasteiger partial charge is 0.382 e. The van der Waals surface area contributed by atoms with Gasteiger partial charge in [-0.1, -0.05) is 78.9 Å². The fraction of sp³-hybridized carbons (Fsp3) is 0.0500. The van der Waals surface area contributed by atoms with Crippen molar-refractivity contribution < 1.29 is 5.11 Å². The zero-order valence-corrected chi connectivity index (χ0v) is 12.1. The average Bonchev–Trinajstić information content (AvgIpc) is 2.61. The molecule has 3 rings (SSSR count). The van der Waals surface area contributed by atoms with Crippen LogP contribution in [0.4, 0.5) is 5.69 Å². The molecule has 2 heteroatoms. The molecule has 0 fully saturated rings. The van der Waals surface area contributed by atoms with Gasteiger partial charge in [0.1, 0.15) is 6.10 Å². The third-order valence-corrected chi connectivity index (χ3v) is 3.45. The number of aliphatic hydroxyl groups is 1. The van der Waals surface area contributed by atoms with Gasteiger partial charge in [0, 0.05) is 0 Å². The van der Waals surface area contributed by atoms with Gasteiger partial charge in [-0.3, -0.25) is 0 Å². The number of aliphatic imine (C=N–C) groups is 1. The van der Waals surface area contributed by atoms with Crippen molar-refractivity contribution in [3.05, 3.63) is 102 Å². The minimum absolute atomic E-state index is 0.651. The summed E-state index contributed by atoms with van der Waals surface area (Å²) < 4.78 is 0. The maximum atomic E-state index is 10.8. The van der Waals surface area contributed by atoms with E-state index in [9.17, 15) is 5.11 Å². The molecule has 0 saturated carbocycles. The van der Waals surface area contributed by atoms with Crippen molar-refractivity contribution in [2.24, 2.45) is 4.99 Å². The van der Waals surface area contributed by atoms with Crippen LogP contribution in [0.1, 0.15) is 17.2 Å². The predicted molar refractivity (Wildman–Crippen MR) is 90.5 cm³/mol. The highest BCUT2D eigenvalue weighted by molar-refractivity contribution is 6.05. The molecule has 3 aromatic rings. The average molecular weight is 287 g/mol. The summed E-state index contributed by atoms with van der Waals surface area (Å²) in [7, 11) is 0. The fourth-order valence-electron chi connectivity index (χ4n) is 2.33. The number of para-hydroxylation sites is 1. The molecule has 108 valence electrons. The molecule has 0 aliphatic carbocycles. The summed E-state index contributed by atoms with van der Waals surface area (Å²) in [5.74, 6) is 0. The van der Waals surface area contributed by atoms with Crippen LogP contribution in [0, 0.1) is 0 Å². The Hall–Kier alpha value is -2.71. The van der Waals surface area contributed by atoms with E-state index in [0.717, 1.165) is 16.8 Å². The molecule has 0 amide bonds. The number of aliphatic hydroxyl groups excluding tert-OH is 1. The summed E-state index contributed by atoms with van der Waals surface area (Å²) in [6, 6.07) is 29.1. The van der Waals surface area contributed by atoms with Crippen LogP contribution in [-0.4, -0.2) is 10.8 Å². The van der Waals surface area contributed by atoms with E-state index in [2.05, 4.69) is 4.99 Å². The SMILES string of the molecule is O[C@H](C(=Nc1ccccc1)c1ccccc1)c1ccccc1. The Kier molecular flexibility index (Phi) is 4.42. The van der Waals surface area contributed by atoms with Crippen LogP contribution in [0.15, 0.2) is 96.0 Å². The molecule has 0 spiro atoms. The molecule has 0 aliphatic rings. The van der Waals surface area contributed by atoms with Gasteiger partial charge in [-0.15, -0.1) is 0 Å². The summed E-state index contributed by atoms with van der Waals surface area (Å²) in [5, 5.41) is 10.8. The Labute approximate surface area is 130 Å². The lowest BCUT2D eigenvalue weighted by molar-refractivity contribution is 0.248. The van der Waals surface area contributed by atoms with Crippen LogP contribution in [0.25, 0.3) is 0 Å². The zero-order chi connectivity index (χ0) is 15.2. The fourth-order valence-corrected chi connectivity index (χ4v) is 2.33. The quantitative estimate of drug-likeness (QED) is 0.702. The van der Waals surface area contributed by atoms with Crippen LogP contribution in [0.5, 0.6) is 0 Å². The van der Waals surface area contributed by atoms with Crippen LogP contribution < -0.4 is 0 Å². The van der Waals surface area contributed by atoms with Gasteiger partial charge in [0.05, 0.1) is 11.4 Å². The van der Waals surface area contributed by atoms with Gasteiger partial charge < -0.3 is 5.11 Å². The van der Waals surface area contributed by atoms with E-state index in [1.165, 1.54) is 0 Å². The smallest absolute Gasteiger partial charge is 0.122 e. The molecule has 0 unspecified atom stereocenters. The summed E-state index contributed by atoms with van der Waals surface area (Å²) in [6.45, 7) is 0. The second kappa shape index (κ2) is 6.83. The minimum atomic E-state index is -0.760. The first-order valence-electron chi connectivity index (χ1n) is 7.26. The highest BCUT2D eigenvalue weighted by atomic mass is 16.3. The lowest BCUT2D eigenvalue weighted by Gasteiger charge is -2.15. The molecule has 2 nitrogen and oxygen atoms in total. The van der Waals surface area contributed by atoms with Crippen LogP contribution in [-0.2, 0) is 0 Å². The topological polar surface area (TPSA) is 32.6 Å². The van der Waals surface area contributed by atoms with E-state index in [1.54, 1.807) is 0 Å². The number of nitrogens with zero attached hydrogens (tertiary/aromatic N) is 1. The van der Waals surface area contributed by atoms with Gasteiger partial charge in [-0.25, -0.2) is 4.99 Å². The van der Waals surface area contributed by atoms with Gasteiger partial charge in [0.15, 0.2) is 0 Å². The lowest BCUT2D eigenvalue weighted by atomic mass is 9.99. The first-order valence-corrected chi connectivity index (χ1v) is 7.26. The molecule has 0 heterocycles. The van der Waals surface area contributed by atoms with Gasteiger partial charge in [0.25, 0.3) is 0 Å². The van der Waals surface area contributed by atoms with E-state index in [1.807, 2.05) is 91.0 Å². The van der Waals surface area contributed by atoms with E-state index >= 15 is 0 Å². The molecular formula is C20H17NO. The van der Waals surface area contributed by atoms with Crippen molar-refractivity contribution in [2.75, 3.05) is 0 Å². The van der Waals surface area contributed by atoms with Crippen molar-refractivity contribution in [1.82, 2.24) is 0 Å². The van der Waals surface area contributed by atoms with Crippen molar-refractivity contribution in [2.45, 2.75) is 6.10 Å². The van der Waals surface area contributed by atoms with Crippen molar-refractivity contribution >= 4 is 11.4 Å². The van der Waals surface area contributed by atoms with Crippen LogP contribution >= 0.6 is 0 Å². The number of benzene rings is 3. The molecule has 0 saturated heterocycles. The van der Waals surface area contributed by atoms with Gasteiger partial charge >= 0.3 is 0 Å². The third-order valence-electron chi connectivity index (χ3n) is 3.45. The minimum Gasteiger partial charge on any atom is -0.382 e. The number of hydrogen-bond donors (Lipinski definition) is 1. The molecule has 0 aliphatic heterocycles. The second-order valence-corrected chi connectivity index (χ2v) is 5.01. The zero-order valence-electron chi connectivity index (χ0n) is 12.1. The predicted octanol–water partition coefficient (Wildman–Crippen LogP) is 4.54. The molecule has 0 bridgehead atoms. The molecule has 0 aromatic heterocycles. The summed E-state index contributed by atoms with van der Waals surface area (Å²) in [5.41, 5.74) is 3.23. The second-order valence-electron chi connectivity index (χ2n) is 5.01. The van der Waals surface area contributed by atoms with E-state index in [4.69, 9.17) is 0 Å². The monoisotopic (exact) mass is 287 g/mol. The molecule has 22 heavy (non-hydrogen) atoms. The van der Waals surface area contributed by atoms with Gasteiger partial charge in [-0.05, 0) is 23.3 Å². The lowest BCUT2D eigenvalue weighted by Crippen LogP contribution is -2.13. The Bertz CT molecular complexity index is 736. The van der Waals surface area contributed by atoms with E-state index in [0.29, 0.717) is 5.71 Å². The number of rotatable bonds is 4. The van der Waals surface area contributed by atoms with Crippen molar-refractivity contribution in [1.29, 1.82) is 0 Å². The molecule has 1 atom stereocenters. The standard InChI is InChI=1S/C20H17NO/c22-20(17-12-6-2-7-13-17)19(16-10-4-1-5-11-16)21-18-14-8-3-9-15-18/h1-15,20,22H/t20-/m0/s1.